The third-order valence-electron chi connectivity index (χ3n) is 4.52. The van der Waals surface area contributed by atoms with E-state index in [0.29, 0.717) is 21.6 Å². The average molecular weight is 468 g/mol. The Morgan fingerprint density at radius 1 is 1.09 bits per heavy atom. The van der Waals surface area contributed by atoms with Gasteiger partial charge in [-0.05, 0) is 42.0 Å². The monoisotopic (exact) mass is 467 g/mol. The van der Waals surface area contributed by atoms with Gasteiger partial charge in [0.15, 0.2) is 16.3 Å². The van der Waals surface area contributed by atoms with Crippen molar-refractivity contribution >= 4 is 46.1 Å². The molecule has 0 aliphatic heterocycles. The van der Waals surface area contributed by atoms with Gasteiger partial charge in [-0.15, -0.1) is 0 Å². The van der Waals surface area contributed by atoms with E-state index in [4.69, 9.17) is 16.3 Å². The average Bonchev–Trinajstić information content (AvgIpc) is 2.81. The molecule has 0 radical (unpaired) electrons. The Morgan fingerprint density at radius 2 is 1.81 bits per heavy atom. The van der Waals surface area contributed by atoms with Crippen molar-refractivity contribution in [2.24, 2.45) is 0 Å². The zero-order chi connectivity index (χ0) is 22.5. The van der Waals surface area contributed by atoms with Crippen LogP contribution in [0.2, 0.25) is 5.02 Å². The van der Waals surface area contributed by atoms with Crippen LogP contribution in [0.15, 0.2) is 70.9 Å². The summed E-state index contributed by atoms with van der Waals surface area (Å²) in [6.07, 6.45) is 2.93. The van der Waals surface area contributed by atoms with Gasteiger partial charge in [0.2, 0.25) is 5.91 Å². The molecule has 0 bridgehead atoms. The van der Waals surface area contributed by atoms with Crippen molar-refractivity contribution in [1.29, 1.82) is 0 Å². The zero-order valence-electron chi connectivity index (χ0n) is 17.0. The number of hydrogen-bond acceptors (Lipinski definition) is 7. The van der Waals surface area contributed by atoms with Gasteiger partial charge < -0.3 is 10.1 Å². The Bertz CT molecular complexity index is 1310. The first-order chi connectivity index (χ1) is 15.5. The molecule has 2 heterocycles. The lowest BCUT2D eigenvalue weighted by molar-refractivity contribution is -0.113. The molecule has 1 N–H and O–H groups in total. The highest BCUT2D eigenvalue weighted by Gasteiger charge is 2.15. The molecule has 0 atom stereocenters. The molecule has 4 rings (SSSR count). The molecular weight excluding hydrogens is 450 g/mol. The van der Waals surface area contributed by atoms with Gasteiger partial charge in [-0.25, -0.2) is 15.0 Å². The minimum Gasteiger partial charge on any atom is -0.497 e. The summed E-state index contributed by atoms with van der Waals surface area (Å²) < 4.78 is 6.61. The summed E-state index contributed by atoms with van der Waals surface area (Å²) in [5, 5.41) is 3.80. The highest BCUT2D eigenvalue weighted by molar-refractivity contribution is 7.99. The quantitative estimate of drug-likeness (QED) is 0.327. The largest absolute Gasteiger partial charge is 0.497 e. The summed E-state index contributed by atoms with van der Waals surface area (Å²) in [7, 11) is 1.58. The number of anilines is 1. The van der Waals surface area contributed by atoms with Crippen LogP contribution in [0.3, 0.4) is 0 Å². The van der Waals surface area contributed by atoms with Crippen molar-refractivity contribution in [2.45, 2.75) is 11.7 Å². The van der Waals surface area contributed by atoms with Crippen molar-refractivity contribution in [3.05, 3.63) is 81.9 Å². The number of halogens is 1. The van der Waals surface area contributed by atoms with Gasteiger partial charge in [-0.3, -0.25) is 14.2 Å². The Balaban J connectivity index is 1.57. The molecule has 2 aromatic heterocycles. The molecule has 162 valence electrons. The standard InChI is InChI=1S/C22H18ClN5O3S/c1-31-17-8-6-16(7-9-17)26-18(29)13-32-22-27-20-19(24-10-11-25-20)21(30)28(22)12-14-2-4-15(23)5-3-14/h2-11H,12-13H2,1H3,(H,26,29). The predicted molar refractivity (Wildman–Crippen MR) is 124 cm³/mol. The number of thioether (sulfide) groups is 1. The van der Waals surface area contributed by atoms with E-state index < -0.39 is 0 Å². The van der Waals surface area contributed by atoms with Gasteiger partial charge in [0.05, 0.1) is 19.4 Å². The number of carbonyl (C=O) groups is 1. The minimum absolute atomic E-state index is 0.0604. The van der Waals surface area contributed by atoms with Crippen molar-refractivity contribution in [3.8, 4) is 5.75 Å². The Morgan fingerprint density at radius 3 is 2.53 bits per heavy atom. The summed E-state index contributed by atoms with van der Waals surface area (Å²) in [5.41, 5.74) is 1.60. The molecular formula is C22H18ClN5O3S. The number of rotatable bonds is 7. The van der Waals surface area contributed by atoms with Crippen molar-refractivity contribution < 1.29 is 9.53 Å². The number of fused-ring (bicyclic) bond motifs is 1. The number of aromatic nitrogens is 4. The molecule has 0 aliphatic carbocycles. The lowest BCUT2D eigenvalue weighted by atomic mass is 10.2. The second-order valence-electron chi connectivity index (χ2n) is 6.71. The summed E-state index contributed by atoms with van der Waals surface area (Å²) in [6.45, 7) is 0.262. The fourth-order valence-electron chi connectivity index (χ4n) is 2.95. The Kier molecular flexibility index (Phi) is 6.67. The van der Waals surface area contributed by atoms with Gasteiger partial charge in [0.1, 0.15) is 5.75 Å². The molecule has 4 aromatic rings. The maximum atomic E-state index is 13.1. The van der Waals surface area contributed by atoms with Gasteiger partial charge in [-0.2, -0.15) is 0 Å². The van der Waals surface area contributed by atoms with Crippen LogP contribution in [-0.2, 0) is 11.3 Å². The molecule has 2 aromatic carbocycles. The lowest BCUT2D eigenvalue weighted by Gasteiger charge is -2.13. The molecule has 0 fully saturated rings. The summed E-state index contributed by atoms with van der Waals surface area (Å²) in [6, 6.07) is 14.2. The molecule has 8 nitrogen and oxygen atoms in total. The highest BCUT2D eigenvalue weighted by Crippen LogP contribution is 2.20. The first-order valence-corrected chi connectivity index (χ1v) is 10.9. The first kappa shape index (κ1) is 21.8. The minimum atomic E-state index is -0.323. The molecule has 10 heteroatoms. The first-order valence-electron chi connectivity index (χ1n) is 9.56. The van der Waals surface area contributed by atoms with Crippen LogP contribution in [0, 0.1) is 0 Å². The normalized spacial score (nSPS) is 10.8. The molecule has 32 heavy (non-hydrogen) atoms. The third-order valence-corrected chi connectivity index (χ3v) is 5.75. The van der Waals surface area contributed by atoms with Crippen LogP contribution in [0.1, 0.15) is 5.56 Å². The number of amides is 1. The summed E-state index contributed by atoms with van der Waals surface area (Å²) in [5.74, 6) is 0.530. The maximum Gasteiger partial charge on any atom is 0.282 e. The van der Waals surface area contributed by atoms with E-state index in [2.05, 4.69) is 20.3 Å². The molecule has 0 saturated heterocycles. The van der Waals surface area contributed by atoms with E-state index in [0.717, 1.165) is 17.3 Å². The van der Waals surface area contributed by atoms with Gasteiger partial charge in [0, 0.05) is 23.1 Å². The van der Waals surface area contributed by atoms with Crippen molar-refractivity contribution in [1.82, 2.24) is 19.5 Å². The number of hydrogen-bond donors (Lipinski definition) is 1. The van der Waals surface area contributed by atoms with E-state index in [1.165, 1.54) is 17.0 Å². The van der Waals surface area contributed by atoms with Crippen LogP contribution in [-0.4, -0.2) is 38.3 Å². The number of benzene rings is 2. The van der Waals surface area contributed by atoms with Crippen LogP contribution in [0.4, 0.5) is 5.69 Å². The summed E-state index contributed by atoms with van der Waals surface area (Å²) >= 11 is 7.12. The van der Waals surface area contributed by atoms with Gasteiger partial charge >= 0.3 is 0 Å². The second-order valence-corrected chi connectivity index (χ2v) is 8.08. The number of ether oxygens (including phenoxy) is 1. The van der Waals surface area contributed by atoms with E-state index in [1.54, 1.807) is 43.5 Å². The van der Waals surface area contributed by atoms with E-state index >= 15 is 0 Å². The van der Waals surface area contributed by atoms with E-state index in [-0.39, 0.29) is 34.9 Å². The SMILES string of the molecule is COc1ccc(NC(=O)CSc2nc3nccnc3c(=O)n2Cc2ccc(Cl)cc2)cc1. The molecule has 0 unspecified atom stereocenters. The summed E-state index contributed by atoms with van der Waals surface area (Å²) in [4.78, 5) is 38.3. The van der Waals surface area contributed by atoms with E-state index in [9.17, 15) is 9.59 Å². The second kappa shape index (κ2) is 9.80. The van der Waals surface area contributed by atoms with Gasteiger partial charge in [-0.1, -0.05) is 35.5 Å². The topological polar surface area (TPSA) is 99.0 Å². The number of nitrogens with one attached hydrogen (secondary N) is 1. The van der Waals surface area contributed by atoms with Crippen LogP contribution in [0.5, 0.6) is 5.75 Å². The lowest BCUT2D eigenvalue weighted by Crippen LogP contribution is -2.25. The molecule has 0 aliphatic rings. The highest BCUT2D eigenvalue weighted by atomic mass is 35.5. The number of methoxy groups -OCH3 is 1. The Hall–Kier alpha value is -3.43. The maximum absolute atomic E-state index is 13.1. The third kappa shape index (κ3) is 5.06. The van der Waals surface area contributed by atoms with Gasteiger partial charge in [0.25, 0.3) is 5.56 Å². The number of carbonyl (C=O) groups excluding carboxylic acids is 1. The smallest absolute Gasteiger partial charge is 0.282 e. The fraction of sp³-hybridized carbons (Fsp3) is 0.136. The Labute approximate surface area is 192 Å². The van der Waals surface area contributed by atoms with E-state index in [1.807, 2.05) is 12.1 Å². The molecule has 0 spiro atoms. The van der Waals surface area contributed by atoms with Crippen LogP contribution < -0.4 is 15.6 Å². The van der Waals surface area contributed by atoms with Crippen molar-refractivity contribution in [3.63, 3.8) is 0 Å². The number of nitrogens with zero attached hydrogens (tertiary/aromatic N) is 4. The predicted octanol–water partition coefficient (Wildman–Crippen LogP) is 3.63. The van der Waals surface area contributed by atoms with Crippen LogP contribution >= 0.6 is 23.4 Å². The zero-order valence-corrected chi connectivity index (χ0v) is 18.6. The molecule has 0 saturated carbocycles. The van der Waals surface area contributed by atoms with Crippen LogP contribution in [0.25, 0.3) is 11.2 Å². The van der Waals surface area contributed by atoms with Crippen molar-refractivity contribution in [2.75, 3.05) is 18.2 Å². The fourth-order valence-corrected chi connectivity index (χ4v) is 3.87. The molecule has 1 amide bonds.